The number of carbonyl (C=O) groups excluding carboxylic acids is 2. The summed E-state index contributed by atoms with van der Waals surface area (Å²) < 4.78 is 37.8. The number of aliphatic carboxylic acids is 1. The van der Waals surface area contributed by atoms with E-state index in [0.717, 1.165) is 0 Å². The standard InChI is InChI=1S/C17H24F3NO4/c1-15(2,3)12(21-14(25)17(18,19)20)11(22)7-6-8-10(16(8,4)5)9(7)13(23)24/h7-10,12H,6H2,1-5H3,(H,21,25)(H,23,24)/t7?,8-,9-,10-,12+/m0/s1. The Labute approximate surface area is 144 Å². The zero-order valence-corrected chi connectivity index (χ0v) is 14.9. The van der Waals surface area contributed by atoms with Crippen molar-refractivity contribution in [3.05, 3.63) is 0 Å². The molecule has 0 saturated heterocycles. The number of hydrogen-bond acceptors (Lipinski definition) is 3. The maximum atomic E-state index is 12.9. The Hall–Kier alpha value is -1.60. The van der Waals surface area contributed by atoms with Gasteiger partial charge in [-0.2, -0.15) is 13.2 Å². The molecule has 0 aromatic carbocycles. The molecule has 1 amide bonds. The van der Waals surface area contributed by atoms with E-state index in [-0.39, 0.29) is 17.3 Å². The molecule has 0 spiro atoms. The summed E-state index contributed by atoms with van der Waals surface area (Å²) in [6.07, 6.45) is -4.77. The minimum absolute atomic E-state index is 0.0708. The fourth-order valence-electron chi connectivity index (χ4n) is 4.38. The third kappa shape index (κ3) is 3.40. The molecule has 0 aromatic heterocycles. The second-order valence-corrected chi connectivity index (χ2v) is 8.83. The molecule has 142 valence electrons. The van der Waals surface area contributed by atoms with Gasteiger partial charge in [-0.25, -0.2) is 0 Å². The lowest BCUT2D eigenvalue weighted by atomic mass is 9.74. The van der Waals surface area contributed by atoms with E-state index in [9.17, 15) is 32.7 Å². The third-order valence-electron chi connectivity index (χ3n) is 5.80. The van der Waals surface area contributed by atoms with Gasteiger partial charge in [0.2, 0.25) is 0 Å². The normalized spacial score (nSPS) is 31.8. The molecular formula is C17H24F3NO4. The summed E-state index contributed by atoms with van der Waals surface area (Å²) >= 11 is 0. The van der Waals surface area contributed by atoms with Crippen molar-refractivity contribution in [3.63, 3.8) is 0 Å². The second kappa shape index (κ2) is 5.71. The Bertz CT molecular complexity index is 606. The SMILES string of the molecule is CC(C)(C)[C@H](NC(=O)C(F)(F)F)C(=O)C1C[C@H]2[C@@H]([C@H]1C(=O)O)C2(C)C. The van der Waals surface area contributed by atoms with Crippen LogP contribution in [0.5, 0.6) is 0 Å². The van der Waals surface area contributed by atoms with E-state index in [1.54, 1.807) is 26.1 Å². The maximum Gasteiger partial charge on any atom is 0.471 e. The van der Waals surface area contributed by atoms with E-state index in [4.69, 9.17) is 0 Å². The highest BCUT2D eigenvalue weighted by Gasteiger charge is 2.70. The molecule has 2 saturated carbocycles. The quantitative estimate of drug-likeness (QED) is 0.804. The molecule has 2 rings (SSSR count). The van der Waals surface area contributed by atoms with Gasteiger partial charge >= 0.3 is 18.1 Å². The summed E-state index contributed by atoms with van der Waals surface area (Å²) in [5.41, 5.74) is -1.14. The molecule has 0 aliphatic heterocycles. The Morgan fingerprint density at radius 3 is 2.08 bits per heavy atom. The van der Waals surface area contributed by atoms with Crippen molar-refractivity contribution in [2.75, 3.05) is 0 Å². The molecule has 0 aromatic rings. The highest BCUT2D eigenvalue weighted by atomic mass is 19.4. The van der Waals surface area contributed by atoms with Gasteiger partial charge in [-0.05, 0) is 29.1 Å². The maximum absolute atomic E-state index is 12.9. The summed E-state index contributed by atoms with van der Waals surface area (Å²) in [5, 5.41) is 11.3. The minimum Gasteiger partial charge on any atom is -0.481 e. The summed E-state index contributed by atoms with van der Waals surface area (Å²) in [6.45, 7) is 8.50. The van der Waals surface area contributed by atoms with E-state index in [0.29, 0.717) is 6.42 Å². The molecule has 0 bridgehead atoms. The van der Waals surface area contributed by atoms with Gasteiger partial charge in [-0.15, -0.1) is 0 Å². The molecule has 25 heavy (non-hydrogen) atoms. The number of alkyl halides is 3. The fraction of sp³-hybridized carbons (Fsp3) is 0.824. The van der Waals surface area contributed by atoms with Crippen LogP contribution in [0.4, 0.5) is 13.2 Å². The van der Waals surface area contributed by atoms with Crippen LogP contribution >= 0.6 is 0 Å². The molecule has 5 atom stereocenters. The van der Waals surface area contributed by atoms with Crippen LogP contribution in [0.15, 0.2) is 0 Å². The van der Waals surface area contributed by atoms with Crippen LogP contribution in [0.3, 0.4) is 0 Å². The van der Waals surface area contributed by atoms with Gasteiger partial charge in [0.25, 0.3) is 0 Å². The number of nitrogens with one attached hydrogen (secondary N) is 1. The van der Waals surface area contributed by atoms with Crippen LogP contribution in [0.2, 0.25) is 0 Å². The monoisotopic (exact) mass is 363 g/mol. The van der Waals surface area contributed by atoms with Crippen LogP contribution in [0, 0.1) is 34.5 Å². The lowest BCUT2D eigenvalue weighted by Gasteiger charge is -2.34. The largest absolute Gasteiger partial charge is 0.481 e. The molecule has 8 heteroatoms. The Morgan fingerprint density at radius 1 is 1.16 bits per heavy atom. The van der Waals surface area contributed by atoms with E-state index >= 15 is 0 Å². The van der Waals surface area contributed by atoms with Crippen LogP contribution in [-0.4, -0.2) is 35.0 Å². The summed E-state index contributed by atoms with van der Waals surface area (Å²) in [4.78, 5) is 35.9. The summed E-state index contributed by atoms with van der Waals surface area (Å²) in [5.74, 6) is -5.79. The first kappa shape index (κ1) is 19.7. The van der Waals surface area contributed by atoms with Crippen molar-refractivity contribution < 1.29 is 32.7 Å². The van der Waals surface area contributed by atoms with Crippen molar-refractivity contribution in [1.29, 1.82) is 0 Å². The number of carboxylic acids is 1. The number of rotatable bonds is 4. The number of amides is 1. The molecular weight excluding hydrogens is 339 g/mol. The van der Waals surface area contributed by atoms with E-state index in [2.05, 4.69) is 0 Å². The number of carbonyl (C=O) groups is 3. The molecule has 0 radical (unpaired) electrons. The van der Waals surface area contributed by atoms with E-state index in [1.807, 2.05) is 13.8 Å². The lowest BCUT2D eigenvalue weighted by Crippen LogP contribution is -2.55. The zero-order chi connectivity index (χ0) is 19.5. The molecule has 2 N–H and O–H groups in total. The van der Waals surface area contributed by atoms with Crippen molar-refractivity contribution in [3.8, 4) is 0 Å². The van der Waals surface area contributed by atoms with Gasteiger partial charge in [0.15, 0.2) is 5.78 Å². The first-order valence-electron chi connectivity index (χ1n) is 8.24. The number of fused-ring (bicyclic) bond motifs is 1. The second-order valence-electron chi connectivity index (χ2n) is 8.83. The van der Waals surface area contributed by atoms with E-state index < -0.39 is 47.1 Å². The van der Waals surface area contributed by atoms with Gasteiger partial charge in [0.1, 0.15) is 0 Å². The Kier molecular flexibility index (Phi) is 4.50. The summed E-state index contributed by atoms with van der Waals surface area (Å²) in [6, 6.07) is -1.39. The van der Waals surface area contributed by atoms with Crippen molar-refractivity contribution in [2.45, 2.75) is 53.3 Å². The number of carboxylic acid groups (broad SMARTS) is 1. The van der Waals surface area contributed by atoms with Crippen molar-refractivity contribution >= 4 is 17.7 Å². The van der Waals surface area contributed by atoms with Gasteiger partial charge in [0, 0.05) is 5.92 Å². The average molecular weight is 363 g/mol. The zero-order valence-electron chi connectivity index (χ0n) is 14.9. The van der Waals surface area contributed by atoms with Crippen LogP contribution < -0.4 is 5.32 Å². The molecule has 1 unspecified atom stereocenters. The smallest absolute Gasteiger partial charge is 0.471 e. The number of halogens is 3. The first-order chi connectivity index (χ1) is 11.1. The van der Waals surface area contributed by atoms with Crippen LogP contribution in [-0.2, 0) is 14.4 Å². The fourth-order valence-corrected chi connectivity index (χ4v) is 4.38. The number of hydrogen-bond donors (Lipinski definition) is 2. The van der Waals surface area contributed by atoms with Gasteiger partial charge in [-0.1, -0.05) is 34.6 Å². The molecule has 5 nitrogen and oxygen atoms in total. The molecule has 0 heterocycles. The van der Waals surface area contributed by atoms with Crippen molar-refractivity contribution in [1.82, 2.24) is 5.32 Å². The Morgan fingerprint density at radius 2 is 1.68 bits per heavy atom. The lowest BCUT2D eigenvalue weighted by molar-refractivity contribution is -0.175. The molecule has 2 aliphatic rings. The van der Waals surface area contributed by atoms with Gasteiger partial charge in [-0.3, -0.25) is 14.4 Å². The highest BCUT2D eigenvalue weighted by molar-refractivity contribution is 5.95. The van der Waals surface area contributed by atoms with Crippen LogP contribution in [0.1, 0.15) is 41.0 Å². The molecule has 2 fully saturated rings. The number of Topliss-reactive ketones (excluding diaryl/α,β-unsaturated/α-hetero) is 1. The third-order valence-corrected chi connectivity index (χ3v) is 5.80. The predicted molar refractivity (Wildman–Crippen MR) is 82.4 cm³/mol. The highest BCUT2D eigenvalue weighted by Crippen LogP contribution is 2.70. The van der Waals surface area contributed by atoms with E-state index in [1.165, 1.54) is 0 Å². The van der Waals surface area contributed by atoms with Crippen molar-refractivity contribution in [2.24, 2.45) is 34.5 Å². The Balaban J connectivity index is 2.26. The van der Waals surface area contributed by atoms with Gasteiger partial charge < -0.3 is 10.4 Å². The molecule has 2 aliphatic carbocycles. The van der Waals surface area contributed by atoms with Crippen LogP contribution in [0.25, 0.3) is 0 Å². The summed E-state index contributed by atoms with van der Waals surface area (Å²) in [7, 11) is 0. The first-order valence-corrected chi connectivity index (χ1v) is 8.24. The average Bonchev–Trinajstić information content (AvgIpc) is 2.82. The number of ketones is 1. The topological polar surface area (TPSA) is 83.5 Å². The minimum atomic E-state index is -5.10. The van der Waals surface area contributed by atoms with Gasteiger partial charge in [0.05, 0.1) is 12.0 Å². The predicted octanol–water partition coefficient (Wildman–Crippen LogP) is 2.64.